The van der Waals surface area contributed by atoms with Gasteiger partial charge in [-0.1, -0.05) is 22.9 Å². The molecular weight excluding hydrogens is 297 g/mol. The van der Waals surface area contributed by atoms with Gasteiger partial charge in [0.1, 0.15) is 6.17 Å². The number of aryl methyl sites for hydroxylation is 1. The number of carbonyl (C=O) groups is 1. The van der Waals surface area contributed by atoms with Crippen LogP contribution in [0.25, 0.3) is 5.69 Å². The van der Waals surface area contributed by atoms with Gasteiger partial charge in [-0.2, -0.15) is 0 Å². The smallest absolute Gasteiger partial charge is 0.276 e. The zero-order valence-electron chi connectivity index (χ0n) is 13.2. The van der Waals surface area contributed by atoms with Crippen molar-refractivity contribution < 1.29 is 9.18 Å². The third-order valence-electron chi connectivity index (χ3n) is 4.08. The average Bonchev–Trinajstić information content (AvgIpc) is 3.15. The number of halogens is 1. The summed E-state index contributed by atoms with van der Waals surface area (Å²) >= 11 is 0. The van der Waals surface area contributed by atoms with E-state index < -0.39 is 6.17 Å². The minimum Gasteiger partial charge on any atom is -0.330 e. The zero-order valence-corrected chi connectivity index (χ0v) is 13.2. The Morgan fingerprint density at radius 2 is 2.13 bits per heavy atom. The molecule has 1 aromatic heterocycles. The van der Waals surface area contributed by atoms with Crippen molar-refractivity contribution in [3.8, 4) is 5.69 Å². The number of aromatic nitrogens is 3. The van der Waals surface area contributed by atoms with Crippen LogP contribution >= 0.6 is 0 Å². The molecule has 1 aliphatic heterocycles. The van der Waals surface area contributed by atoms with E-state index in [4.69, 9.17) is 0 Å². The average molecular weight is 317 g/mol. The zero-order chi connectivity index (χ0) is 16.4. The van der Waals surface area contributed by atoms with Gasteiger partial charge in [-0.05, 0) is 26.1 Å². The van der Waals surface area contributed by atoms with E-state index in [1.165, 1.54) is 0 Å². The first-order valence-corrected chi connectivity index (χ1v) is 7.67. The van der Waals surface area contributed by atoms with E-state index in [9.17, 15) is 9.18 Å². The predicted molar refractivity (Wildman–Crippen MR) is 84.4 cm³/mol. The van der Waals surface area contributed by atoms with Crippen LogP contribution in [0.5, 0.6) is 0 Å². The molecule has 1 aliphatic rings. The largest absolute Gasteiger partial charge is 0.330 e. The fraction of sp³-hybridized carbons (Fsp3) is 0.438. The second kappa shape index (κ2) is 6.45. The number of hydrogen-bond donors (Lipinski definition) is 1. The van der Waals surface area contributed by atoms with Gasteiger partial charge >= 0.3 is 0 Å². The van der Waals surface area contributed by atoms with Crippen molar-refractivity contribution in [2.75, 3.05) is 20.1 Å². The Labute approximate surface area is 134 Å². The van der Waals surface area contributed by atoms with Gasteiger partial charge in [0.15, 0.2) is 5.69 Å². The number of likely N-dealkylation sites (tertiary alicyclic amines) is 1. The second-order valence-electron chi connectivity index (χ2n) is 5.89. The van der Waals surface area contributed by atoms with Crippen molar-refractivity contribution in [2.45, 2.75) is 25.6 Å². The number of alkyl halides is 1. The number of nitrogens with zero attached hydrogens (tertiary/aromatic N) is 4. The fourth-order valence-electron chi connectivity index (χ4n) is 2.87. The van der Waals surface area contributed by atoms with Gasteiger partial charge in [0.05, 0.1) is 18.4 Å². The lowest BCUT2D eigenvalue weighted by Gasteiger charge is -2.22. The van der Waals surface area contributed by atoms with Crippen LogP contribution in [-0.2, 0) is 0 Å². The first-order chi connectivity index (χ1) is 11.1. The van der Waals surface area contributed by atoms with Crippen LogP contribution in [0.3, 0.4) is 0 Å². The Morgan fingerprint density at radius 3 is 2.83 bits per heavy atom. The van der Waals surface area contributed by atoms with Gasteiger partial charge < -0.3 is 10.2 Å². The normalized spacial score (nSPS) is 20.9. The van der Waals surface area contributed by atoms with Crippen LogP contribution in [0, 0.1) is 6.92 Å². The fourth-order valence-corrected chi connectivity index (χ4v) is 2.87. The highest BCUT2D eigenvalue weighted by molar-refractivity contribution is 5.92. The van der Waals surface area contributed by atoms with E-state index in [2.05, 4.69) is 15.6 Å². The summed E-state index contributed by atoms with van der Waals surface area (Å²) in [4.78, 5) is 14.1. The summed E-state index contributed by atoms with van der Waals surface area (Å²) in [6.07, 6.45) is 0.970. The van der Waals surface area contributed by atoms with Crippen molar-refractivity contribution in [2.24, 2.45) is 0 Å². The molecule has 122 valence electrons. The summed E-state index contributed by atoms with van der Waals surface area (Å²) in [5.41, 5.74) is 2.21. The predicted octanol–water partition coefficient (Wildman–Crippen LogP) is 1.35. The van der Waals surface area contributed by atoms with Crippen LogP contribution in [0.4, 0.5) is 4.39 Å². The molecule has 3 rings (SSSR count). The molecule has 1 fully saturated rings. The third kappa shape index (κ3) is 3.24. The lowest BCUT2D eigenvalue weighted by Crippen LogP contribution is -2.41. The lowest BCUT2D eigenvalue weighted by atomic mass is 10.2. The first-order valence-electron chi connectivity index (χ1n) is 7.67. The molecule has 0 bridgehead atoms. The summed E-state index contributed by atoms with van der Waals surface area (Å²) in [5, 5.41) is 11.0. The van der Waals surface area contributed by atoms with Gasteiger partial charge in [0.2, 0.25) is 0 Å². The number of carbonyl (C=O) groups excluding carboxylic acids is 1. The molecule has 23 heavy (non-hydrogen) atoms. The molecule has 0 radical (unpaired) electrons. The summed E-state index contributed by atoms with van der Waals surface area (Å²) in [6, 6.07) is 7.61. The van der Waals surface area contributed by atoms with Gasteiger partial charge in [-0.3, -0.25) is 4.79 Å². The SMILES string of the molecule is CNC[C@@H]1C[C@H](F)CN1C(=O)c1cn(-c2ccc(C)cc2)nn1. The van der Waals surface area contributed by atoms with E-state index in [-0.39, 0.29) is 24.2 Å². The Morgan fingerprint density at radius 1 is 1.39 bits per heavy atom. The van der Waals surface area contributed by atoms with Crippen molar-refractivity contribution in [1.82, 2.24) is 25.2 Å². The summed E-state index contributed by atoms with van der Waals surface area (Å²) in [7, 11) is 1.79. The molecule has 1 saturated heterocycles. The van der Waals surface area contributed by atoms with Crippen LogP contribution in [0.15, 0.2) is 30.5 Å². The minimum atomic E-state index is -0.982. The molecule has 1 amide bonds. The molecule has 1 aromatic carbocycles. The molecule has 0 spiro atoms. The number of likely N-dealkylation sites (N-methyl/N-ethyl adjacent to an activating group) is 1. The topological polar surface area (TPSA) is 63.1 Å². The molecule has 7 heteroatoms. The maximum absolute atomic E-state index is 13.7. The quantitative estimate of drug-likeness (QED) is 0.924. The van der Waals surface area contributed by atoms with E-state index in [0.717, 1.165) is 11.3 Å². The number of amides is 1. The van der Waals surface area contributed by atoms with E-state index in [0.29, 0.717) is 13.0 Å². The second-order valence-corrected chi connectivity index (χ2v) is 5.89. The Hall–Kier alpha value is -2.28. The number of rotatable bonds is 4. The maximum atomic E-state index is 13.7. The van der Waals surface area contributed by atoms with E-state index in [1.807, 2.05) is 31.2 Å². The molecule has 2 aromatic rings. The summed E-state index contributed by atoms with van der Waals surface area (Å²) in [5.74, 6) is -0.274. The van der Waals surface area contributed by atoms with Crippen molar-refractivity contribution in [1.29, 1.82) is 0 Å². The van der Waals surface area contributed by atoms with Crippen molar-refractivity contribution >= 4 is 5.91 Å². The highest BCUT2D eigenvalue weighted by Gasteiger charge is 2.36. The highest BCUT2D eigenvalue weighted by Crippen LogP contribution is 2.22. The van der Waals surface area contributed by atoms with E-state index in [1.54, 1.807) is 22.8 Å². The minimum absolute atomic E-state index is 0.114. The Bertz CT molecular complexity index is 684. The molecule has 0 saturated carbocycles. The molecule has 1 N–H and O–H groups in total. The Kier molecular flexibility index (Phi) is 4.38. The molecule has 2 heterocycles. The van der Waals surface area contributed by atoms with Crippen molar-refractivity contribution in [3.63, 3.8) is 0 Å². The summed E-state index contributed by atoms with van der Waals surface area (Å²) in [6.45, 7) is 2.68. The van der Waals surface area contributed by atoms with Gasteiger partial charge in [0, 0.05) is 19.0 Å². The number of benzene rings is 1. The van der Waals surface area contributed by atoms with Crippen molar-refractivity contribution in [3.05, 3.63) is 41.7 Å². The molecule has 2 atom stereocenters. The van der Waals surface area contributed by atoms with Gasteiger partial charge in [0.25, 0.3) is 5.91 Å². The molecular formula is C16H20FN5O. The summed E-state index contributed by atoms with van der Waals surface area (Å²) < 4.78 is 15.2. The lowest BCUT2D eigenvalue weighted by molar-refractivity contribution is 0.0723. The van der Waals surface area contributed by atoms with Gasteiger partial charge in [-0.25, -0.2) is 9.07 Å². The number of hydrogen-bond acceptors (Lipinski definition) is 4. The standard InChI is InChI=1S/C16H20FN5O/c1-11-3-5-13(6-4-11)22-10-15(19-20-22)16(23)21-9-12(17)7-14(21)8-18-2/h3-6,10,12,14,18H,7-9H2,1-2H3/t12-,14-/m0/s1. The molecule has 0 unspecified atom stereocenters. The monoisotopic (exact) mass is 317 g/mol. The van der Waals surface area contributed by atoms with Crippen LogP contribution in [0.1, 0.15) is 22.5 Å². The van der Waals surface area contributed by atoms with Crippen LogP contribution in [-0.4, -0.2) is 58.2 Å². The van der Waals surface area contributed by atoms with Crippen LogP contribution in [0.2, 0.25) is 0 Å². The highest BCUT2D eigenvalue weighted by atomic mass is 19.1. The molecule has 0 aliphatic carbocycles. The van der Waals surface area contributed by atoms with Gasteiger partial charge in [-0.15, -0.1) is 5.10 Å². The number of nitrogens with one attached hydrogen (secondary N) is 1. The van der Waals surface area contributed by atoms with E-state index >= 15 is 0 Å². The van der Waals surface area contributed by atoms with Crippen LogP contribution < -0.4 is 5.32 Å². The first kappa shape index (κ1) is 15.6. The maximum Gasteiger partial charge on any atom is 0.276 e. The Balaban J connectivity index is 1.79. The third-order valence-corrected chi connectivity index (χ3v) is 4.08. The molecule has 6 nitrogen and oxygen atoms in total.